The maximum absolute atomic E-state index is 5.84. The Balaban J connectivity index is 2.74. The lowest BCUT2D eigenvalue weighted by Crippen LogP contribution is -2.39. The van der Waals surface area contributed by atoms with Crippen LogP contribution in [0.2, 0.25) is 0 Å². The fourth-order valence-corrected chi connectivity index (χ4v) is 1.47. The molecular formula is C11H20N2O. The Kier molecular flexibility index (Phi) is 4.17. The van der Waals surface area contributed by atoms with Crippen LogP contribution in [0.1, 0.15) is 20.8 Å². The summed E-state index contributed by atoms with van der Waals surface area (Å²) in [5, 5.41) is 1.77. The second-order valence-electron chi connectivity index (χ2n) is 3.83. The predicted molar refractivity (Wildman–Crippen MR) is 58.4 cm³/mol. The van der Waals surface area contributed by atoms with E-state index < -0.39 is 0 Å². The van der Waals surface area contributed by atoms with Crippen LogP contribution in [0.15, 0.2) is 23.4 Å². The molecule has 1 fully saturated rings. The molecule has 0 aromatic carbocycles. The van der Waals surface area contributed by atoms with E-state index in [4.69, 9.17) is 10.6 Å². The lowest BCUT2D eigenvalue weighted by molar-refractivity contribution is 0.0733. The summed E-state index contributed by atoms with van der Waals surface area (Å²) in [6.07, 6.45) is 4.25. The largest absolute Gasteiger partial charge is 0.373 e. The molecule has 1 aliphatic heterocycles. The van der Waals surface area contributed by atoms with Gasteiger partial charge in [-0.15, -0.1) is 0 Å². The van der Waals surface area contributed by atoms with Crippen molar-refractivity contribution < 1.29 is 4.74 Å². The highest BCUT2D eigenvalue weighted by Gasteiger charge is 2.12. The quantitative estimate of drug-likeness (QED) is 0.683. The molecule has 0 aromatic rings. The van der Waals surface area contributed by atoms with Crippen LogP contribution < -0.4 is 5.84 Å². The molecule has 0 aliphatic carbocycles. The summed E-state index contributed by atoms with van der Waals surface area (Å²) in [5.41, 5.74) is 2.37. The van der Waals surface area contributed by atoms with E-state index in [-0.39, 0.29) is 0 Å². The lowest BCUT2D eigenvalue weighted by atomic mass is 10.0. The smallest absolute Gasteiger partial charge is 0.0879 e. The third-order valence-corrected chi connectivity index (χ3v) is 2.43. The molecule has 0 radical (unpaired) electrons. The molecule has 0 spiro atoms. The van der Waals surface area contributed by atoms with E-state index in [9.17, 15) is 0 Å². The summed E-state index contributed by atoms with van der Waals surface area (Å²) < 4.78 is 5.36. The molecule has 2 N–H and O–H groups in total. The molecule has 1 rings (SSSR count). The average molecular weight is 196 g/mol. The number of morpholine rings is 1. The van der Waals surface area contributed by atoms with Crippen molar-refractivity contribution in [2.24, 2.45) is 11.8 Å². The van der Waals surface area contributed by atoms with Crippen LogP contribution in [0.4, 0.5) is 0 Å². The van der Waals surface area contributed by atoms with Gasteiger partial charge in [-0.3, -0.25) is 0 Å². The molecule has 0 saturated carbocycles. The van der Waals surface area contributed by atoms with Crippen molar-refractivity contribution in [3.8, 4) is 0 Å². The fourth-order valence-electron chi connectivity index (χ4n) is 1.47. The van der Waals surface area contributed by atoms with Crippen LogP contribution >= 0.6 is 0 Å². The highest BCUT2D eigenvalue weighted by Crippen LogP contribution is 2.15. The third kappa shape index (κ3) is 2.86. The number of ether oxygens (including phenoxy) is 1. The second kappa shape index (κ2) is 5.17. The Morgan fingerprint density at radius 3 is 2.79 bits per heavy atom. The number of hydrogen-bond donors (Lipinski definition) is 1. The van der Waals surface area contributed by atoms with Crippen molar-refractivity contribution in [3.05, 3.63) is 23.4 Å². The van der Waals surface area contributed by atoms with Crippen molar-refractivity contribution in [2.75, 3.05) is 19.8 Å². The second-order valence-corrected chi connectivity index (χ2v) is 3.83. The summed E-state index contributed by atoms with van der Waals surface area (Å²) >= 11 is 0. The standard InChI is InChI=1S/C11H20N2O/c1-4-10(9(2)3)7-11-8-14-6-5-13(11)12/h4,7,9H,5-6,8,12H2,1-3H3/b10-4+,11-7-. The van der Waals surface area contributed by atoms with Gasteiger partial charge >= 0.3 is 0 Å². The third-order valence-electron chi connectivity index (χ3n) is 2.43. The van der Waals surface area contributed by atoms with Crippen LogP contribution in [0.5, 0.6) is 0 Å². The number of hydrazine groups is 1. The zero-order valence-corrected chi connectivity index (χ0v) is 9.29. The molecule has 0 aromatic heterocycles. The fraction of sp³-hybridized carbons (Fsp3) is 0.636. The topological polar surface area (TPSA) is 38.5 Å². The van der Waals surface area contributed by atoms with Crippen molar-refractivity contribution in [1.82, 2.24) is 5.01 Å². The summed E-state index contributed by atoms with van der Waals surface area (Å²) in [6.45, 7) is 8.53. The minimum Gasteiger partial charge on any atom is -0.373 e. The molecule has 3 heteroatoms. The molecule has 1 aliphatic rings. The molecule has 80 valence electrons. The van der Waals surface area contributed by atoms with Crippen molar-refractivity contribution >= 4 is 0 Å². The van der Waals surface area contributed by atoms with Crippen LogP contribution in [-0.2, 0) is 4.74 Å². The minimum absolute atomic E-state index is 0.530. The normalized spacial score (nSPS) is 22.2. The first-order chi connectivity index (χ1) is 6.65. The van der Waals surface area contributed by atoms with Gasteiger partial charge in [0.15, 0.2) is 0 Å². The molecule has 0 unspecified atom stereocenters. The number of allylic oxidation sites excluding steroid dienone is 3. The van der Waals surface area contributed by atoms with Crippen molar-refractivity contribution in [1.29, 1.82) is 0 Å². The summed E-state index contributed by atoms with van der Waals surface area (Å²) in [5.74, 6) is 6.37. The van der Waals surface area contributed by atoms with Crippen LogP contribution in [0, 0.1) is 5.92 Å². The molecule has 0 atom stereocenters. The lowest BCUT2D eigenvalue weighted by Gasteiger charge is -2.27. The molecule has 3 nitrogen and oxygen atoms in total. The van der Waals surface area contributed by atoms with Gasteiger partial charge in [0.25, 0.3) is 0 Å². The number of hydrogen-bond acceptors (Lipinski definition) is 3. The molecule has 0 amide bonds. The highest BCUT2D eigenvalue weighted by molar-refractivity contribution is 5.24. The van der Waals surface area contributed by atoms with Crippen LogP contribution in [0.25, 0.3) is 0 Å². The van der Waals surface area contributed by atoms with Gasteiger partial charge in [0, 0.05) is 0 Å². The van der Waals surface area contributed by atoms with Gasteiger partial charge in [-0.25, -0.2) is 5.84 Å². The van der Waals surface area contributed by atoms with Crippen molar-refractivity contribution in [3.63, 3.8) is 0 Å². The Labute approximate surface area is 86.2 Å². The monoisotopic (exact) mass is 196 g/mol. The number of rotatable bonds is 2. The Morgan fingerprint density at radius 2 is 2.29 bits per heavy atom. The average Bonchev–Trinajstić information content (AvgIpc) is 2.16. The predicted octanol–water partition coefficient (Wildman–Crippen LogP) is 1.68. The molecule has 0 bridgehead atoms. The number of nitrogens with zero attached hydrogens (tertiary/aromatic N) is 1. The molecule has 1 saturated heterocycles. The van der Waals surface area contributed by atoms with Crippen LogP contribution in [0.3, 0.4) is 0 Å². The van der Waals surface area contributed by atoms with E-state index in [1.807, 2.05) is 0 Å². The van der Waals surface area contributed by atoms with Gasteiger partial charge < -0.3 is 9.75 Å². The SMILES string of the molecule is C/C=C(\C=C1\COCCN1N)C(C)C. The zero-order valence-electron chi connectivity index (χ0n) is 9.29. The first-order valence-corrected chi connectivity index (χ1v) is 5.12. The van der Waals surface area contributed by atoms with Gasteiger partial charge in [0.1, 0.15) is 0 Å². The first-order valence-electron chi connectivity index (χ1n) is 5.12. The van der Waals surface area contributed by atoms with E-state index in [1.165, 1.54) is 5.57 Å². The van der Waals surface area contributed by atoms with E-state index in [0.717, 1.165) is 18.8 Å². The van der Waals surface area contributed by atoms with Crippen LogP contribution in [-0.4, -0.2) is 24.8 Å². The maximum Gasteiger partial charge on any atom is 0.0879 e. The summed E-state index contributed by atoms with van der Waals surface area (Å²) in [6, 6.07) is 0. The minimum atomic E-state index is 0.530. The van der Waals surface area contributed by atoms with E-state index in [0.29, 0.717) is 12.5 Å². The van der Waals surface area contributed by atoms with Gasteiger partial charge in [0.2, 0.25) is 0 Å². The van der Waals surface area contributed by atoms with E-state index in [2.05, 4.69) is 32.9 Å². The summed E-state index contributed by atoms with van der Waals surface area (Å²) in [7, 11) is 0. The van der Waals surface area contributed by atoms with Gasteiger partial charge in [-0.2, -0.15) is 0 Å². The van der Waals surface area contributed by atoms with Crippen molar-refractivity contribution in [2.45, 2.75) is 20.8 Å². The Hall–Kier alpha value is -0.800. The maximum atomic E-state index is 5.84. The van der Waals surface area contributed by atoms with Gasteiger partial charge in [0.05, 0.1) is 25.5 Å². The molecular weight excluding hydrogens is 176 g/mol. The zero-order chi connectivity index (χ0) is 10.6. The van der Waals surface area contributed by atoms with Gasteiger partial charge in [-0.1, -0.05) is 19.9 Å². The Bertz CT molecular complexity index is 244. The summed E-state index contributed by atoms with van der Waals surface area (Å²) in [4.78, 5) is 0. The first kappa shape index (κ1) is 11.3. The Morgan fingerprint density at radius 1 is 1.57 bits per heavy atom. The van der Waals surface area contributed by atoms with E-state index >= 15 is 0 Å². The molecule has 1 heterocycles. The molecule has 14 heavy (non-hydrogen) atoms. The van der Waals surface area contributed by atoms with Gasteiger partial charge in [-0.05, 0) is 24.5 Å². The van der Waals surface area contributed by atoms with E-state index in [1.54, 1.807) is 5.01 Å². The number of nitrogens with two attached hydrogens (primary N) is 1. The highest BCUT2D eigenvalue weighted by atomic mass is 16.5.